The molecule has 3 atom stereocenters. The minimum atomic E-state index is -1.10. The molecule has 2 aromatic carbocycles. The van der Waals surface area contributed by atoms with Crippen molar-refractivity contribution in [3.05, 3.63) is 83.9 Å². The molecule has 0 unspecified atom stereocenters. The highest BCUT2D eigenvalue weighted by molar-refractivity contribution is 5.89. The fraction of sp³-hybridized carbons (Fsp3) is 0.417. The maximum atomic E-state index is 12.5. The van der Waals surface area contributed by atoms with Gasteiger partial charge in [0.2, 0.25) is 5.91 Å². The Morgan fingerprint density at radius 3 is 1.46 bits per heavy atom. The first-order valence-corrected chi connectivity index (χ1v) is 15.4. The molecule has 0 fully saturated rings. The van der Waals surface area contributed by atoms with Crippen LogP contribution in [0.2, 0.25) is 0 Å². The highest BCUT2D eigenvalue weighted by Crippen LogP contribution is 2.10. The zero-order chi connectivity index (χ0) is 36.3. The van der Waals surface area contributed by atoms with Gasteiger partial charge in [-0.3, -0.25) is 4.79 Å². The molecule has 48 heavy (non-hydrogen) atoms. The van der Waals surface area contributed by atoms with Gasteiger partial charge in [-0.1, -0.05) is 85.0 Å². The van der Waals surface area contributed by atoms with E-state index in [0.717, 1.165) is 11.1 Å². The van der Waals surface area contributed by atoms with Crippen LogP contribution in [0.3, 0.4) is 0 Å². The van der Waals surface area contributed by atoms with Crippen LogP contribution in [0, 0.1) is 0 Å². The van der Waals surface area contributed by atoms with Crippen LogP contribution in [0.1, 0.15) is 72.4 Å². The van der Waals surface area contributed by atoms with Gasteiger partial charge in [-0.2, -0.15) is 0 Å². The van der Waals surface area contributed by atoms with E-state index in [2.05, 4.69) is 20.7 Å². The van der Waals surface area contributed by atoms with Gasteiger partial charge in [-0.25, -0.2) is 19.2 Å². The lowest BCUT2D eigenvalue weighted by atomic mass is 10.1. The van der Waals surface area contributed by atoms with Crippen molar-refractivity contribution in [1.82, 2.24) is 16.0 Å². The molecule has 0 heterocycles. The number of nitrogens with one attached hydrogen (secondary N) is 3. The Bertz CT molecular complexity index is 1380. The summed E-state index contributed by atoms with van der Waals surface area (Å²) in [5.74, 6) is -2.17. The number of alkyl carbamates (subject to hydrolysis) is 2. The van der Waals surface area contributed by atoms with Gasteiger partial charge in [0.1, 0.15) is 29.3 Å². The maximum Gasteiger partial charge on any atom is 0.408 e. The molecule has 12 heteroatoms. The Hall–Kier alpha value is -5.13. The number of hydrogen-bond acceptors (Lipinski definition) is 8. The number of carboxylic acids is 1. The summed E-state index contributed by atoms with van der Waals surface area (Å²) in [6.07, 6.45) is 6.13. The van der Waals surface area contributed by atoms with E-state index in [1.165, 1.54) is 14.0 Å². The normalized spacial score (nSPS) is 13.2. The van der Waals surface area contributed by atoms with E-state index in [0.29, 0.717) is 0 Å². The van der Waals surface area contributed by atoms with Crippen LogP contribution < -0.4 is 16.0 Å². The second-order valence-electron chi connectivity index (χ2n) is 12.6. The lowest BCUT2D eigenvalue weighted by Crippen LogP contribution is -2.51. The van der Waals surface area contributed by atoms with E-state index in [4.69, 9.17) is 14.6 Å². The van der Waals surface area contributed by atoms with Gasteiger partial charge in [0.15, 0.2) is 0 Å². The minimum Gasteiger partial charge on any atom is -0.480 e. The quantitative estimate of drug-likeness (QED) is 0.163. The third kappa shape index (κ3) is 18.7. The average Bonchev–Trinajstić information content (AvgIpc) is 2.99. The Kier molecular flexibility index (Phi) is 17.2. The summed E-state index contributed by atoms with van der Waals surface area (Å²) in [5, 5.41) is 16.5. The van der Waals surface area contributed by atoms with Crippen LogP contribution in [0.5, 0.6) is 0 Å². The number of aliphatic carboxylic acids is 1. The molecule has 0 aliphatic heterocycles. The Morgan fingerprint density at radius 1 is 0.688 bits per heavy atom. The molecule has 12 nitrogen and oxygen atoms in total. The van der Waals surface area contributed by atoms with Gasteiger partial charge in [0.25, 0.3) is 0 Å². The van der Waals surface area contributed by atoms with E-state index < -0.39 is 59.4 Å². The summed E-state index contributed by atoms with van der Waals surface area (Å²) in [6, 6.07) is 16.3. The number of methoxy groups -OCH3 is 1. The number of carboxylic acid groups (broad SMARTS) is 1. The third-order valence-electron chi connectivity index (χ3n) is 5.87. The molecule has 262 valence electrons. The second-order valence-corrected chi connectivity index (χ2v) is 12.6. The van der Waals surface area contributed by atoms with Crippen molar-refractivity contribution in [2.45, 2.75) is 90.6 Å². The molecular weight excluding hydrogens is 618 g/mol. The zero-order valence-electron chi connectivity index (χ0n) is 28.9. The smallest absolute Gasteiger partial charge is 0.408 e. The number of carbonyl (C=O) groups is 5. The van der Waals surface area contributed by atoms with Crippen molar-refractivity contribution in [3.8, 4) is 0 Å². The van der Waals surface area contributed by atoms with E-state index in [1.807, 2.05) is 72.8 Å². The van der Waals surface area contributed by atoms with Crippen molar-refractivity contribution in [2.75, 3.05) is 7.11 Å². The fourth-order valence-corrected chi connectivity index (χ4v) is 3.71. The van der Waals surface area contributed by atoms with Gasteiger partial charge < -0.3 is 35.3 Å². The molecule has 3 amide bonds. The molecule has 0 aromatic heterocycles. The highest BCUT2D eigenvalue weighted by Gasteiger charge is 2.26. The number of ether oxygens (including phenoxy) is 3. The van der Waals surface area contributed by atoms with Crippen LogP contribution in [-0.2, 0) is 28.6 Å². The summed E-state index contributed by atoms with van der Waals surface area (Å²) in [6.45, 7) is 11.9. The minimum absolute atomic E-state index is 0.184. The van der Waals surface area contributed by atoms with Crippen LogP contribution >= 0.6 is 0 Å². The summed E-state index contributed by atoms with van der Waals surface area (Å²) in [7, 11) is 1.24. The predicted molar refractivity (Wildman–Crippen MR) is 184 cm³/mol. The SMILES string of the molecule is CC(C)(C)OC(=O)N[C@H](C/C=C/c1ccccc1)C(=O)O.COC(=O)[C@H](C)NC(=O)[C@@H](C/C=C/c1ccccc1)NC(=O)OC(C)(C)C. The van der Waals surface area contributed by atoms with Crippen LogP contribution in [0.25, 0.3) is 12.2 Å². The second kappa shape index (κ2) is 20.2. The summed E-state index contributed by atoms with van der Waals surface area (Å²) >= 11 is 0. The van der Waals surface area contributed by atoms with E-state index in [9.17, 15) is 24.0 Å². The molecule has 2 aromatic rings. The Morgan fingerprint density at radius 2 is 1.08 bits per heavy atom. The number of carbonyl (C=O) groups excluding carboxylic acids is 4. The van der Waals surface area contributed by atoms with E-state index in [-0.39, 0.29) is 12.8 Å². The molecule has 0 saturated heterocycles. The van der Waals surface area contributed by atoms with Crippen molar-refractivity contribution < 1.29 is 43.3 Å². The third-order valence-corrected chi connectivity index (χ3v) is 5.87. The van der Waals surface area contributed by atoms with Crippen LogP contribution in [0.15, 0.2) is 72.8 Å². The van der Waals surface area contributed by atoms with Gasteiger partial charge in [0, 0.05) is 0 Å². The Balaban J connectivity index is 0.000000495. The molecular formula is C36H49N3O9. The first kappa shape index (κ1) is 40.9. The van der Waals surface area contributed by atoms with Gasteiger partial charge in [-0.05, 0) is 72.4 Å². The number of esters is 1. The summed E-state index contributed by atoms with van der Waals surface area (Å²) < 4.78 is 14.9. The highest BCUT2D eigenvalue weighted by atomic mass is 16.6. The number of amides is 3. The Labute approximate surface area is 282 Å². The maximum absolute atomic E-state index is 12.5. The van der Waals surface area contributed by atoms with Crippen LogP contribution in [0.4, 0.5) is 9.59 Å². The first-order valence-electron chi connectivity index (χ1n) is 15.4. The number of benzene rings is 2. The largest absolute Gasteiger partial charge is 0.480 e. The first-order chi connectivity index (χ1) is 22.4. The molecule has 0 bridgehead atoms. The number of rotatable bonds is 12. The predicted octanol–water partition coefficient (Wildman–Crippen LogP) is 5.73. The average molecular weight is 668 g/mol. The summed E-state index contributed by atoms with van der Waals surface area (Å²) in [5.41, 5.74) is 0.591. The van der Waals surface area contributed by atoms with Crippen molar-refractivity contribution in [1.29, 1.82) is 0 Å². The van der Waals surface area contributed by atoms with Crippen molar-refractivity contribution >= 4 is 42.2 Å². The number of hydrogen-bond donors (Lipinski definition) is 4. The van der Waals surface area contributed by atoms with Crippen molar-refractivity contribution in [3.63, 3.8) is 0 Å². The van der Waals surface area contributed by atoms with Gasteiger partial charge >= 0.3 is 24.1 Å². The molecule has 0 saturated carbocycles. The molecule has 0 aliphatic carbocycles. The molecule has 0 aliphatic rings. The lowest BCUT2D eigenvalue weighted by molar-refractivity contribution is -0.144. The van der Waals surface area contributed by atoms with Gasteiger partial charge in [0.05, 0.1) is 7.11 Å². The van der Waals surface area contributed by atoms with E-state index in [1.54, 1.807) is 53.7 Å². The monoisotopic (exact) mass is 667 g/mol. The topological polar surface area (TPSA) is 169 Å². The van der Waals surface area contributed by atoms with E-state index >= 15 is 0 Å². The zero-order valence-corrected chi connectivity index (χ0v) is 28.9. The summed E-state index contributed by atoms with van der Waals surface area (Å²) in [4.78, 5) is 58.8. The molecule has 0 radical (unpaired) electrons. The van der Waals surface area contributed by atoms with Gasteiger partial charge in [-0.15, -0.1) is 0 Å². The lowest BCUT2D eigenvalue weighted by Gasteiger charge is -2.23. The molecule has 0 spiro atoms. The fourth-order valence-electron chi connectivity index (χ4n) is 3.71. The molecule has 2 rings (SSSR count). The van der Waals surface area contributed by atoms with Crippen LogP contribution in [-0.4, -0.2) is 71.6 Å². The van der Waals surface area contributed by atoms with Crippen molar-refractivity contribution in [2.24, 2.45) is 0 Å². The molecule has 4 N–H and O–H groups in total. The standard InChI is InChI=1S/C20H28N2O5.C16H21NO4/c1-14(18(24)26-5)21-17(23)16(22-19(25)27-20(2,3)4)13-9-12-15-10-7-6-8-11-15;1-16(2,3)21-15(20)17-13(14(18)19)11-7-10-12-8-5-4-6-9-12/h6-12,14,16H,13H2,1-5H3,(H,21,23)(H,22,25);4-10,13H,11H2,1-3H3,(H,17,20)(H,18,19)/b12-9+;10-7+/t14-,16+;13-/m01/s1.